The van der Waals surface area contributed by atoms with Crippen molar-refractivity contribution >= 4 is 16.3 Å². The van der Waals surface area contributed by atoms with E-state index in [1.165, 1.54) is 17.0 Å². The topological polar surface area (TPSA) is 42.2 Å². The number of aryl methyl sites for hydroxylation is 1. The first-order chi connectivity index (χ1) is 8.15. The van der Waals surface area contributed by atoms with Crippen molar-refractivity contribution in [2.75, 3.05) is 6.54 Å². The third-order valence-corrected chi connectivity index (χ3v) is 4.39. The second-order valence-electron chi connectivity index (χ2n) is 5.15. The van der Waals surface area contributed by atoms with E-state index in [1.54, 1.807) is 11.3 Å². The van der Waals surface area contributed by atoms with Crippen LogP contribution < -0.4 is 5.32 Å². The molecule has 17 heavy (non-hydrogen) atoms. The van der Waals surface area contributed by atoms with E-state index in [0.29, 0.717) is 12.0 Å². The molecule has 1 aliphatic rings. The highest BCUT2D eigenvalue weighted by Gasteiger charge is 2.26. The van der Waals surface area contributed by atoms with E-state index in [2.05, 4.69) is 29.2 Å². The molecule has 0 bridgehead atoms. The van der Waals surface area contributed by atoms with Gasteiger partial charge in [0.15, 0.2) is 0 Å². The Bertz CT molecular complexity index is 540. The van der Waals surface area contributed by atoms with E-state index in [4.69, 9.17) is 0 Å². The molecule has 0 amide bonds. The molecule has 3 rings (SSSR count). The zero-order chi connectivity index (χ0) is 12.0. The molecule has 0 fully saturated rings. The standard InChI is InChI=1S/C12H18N4S/c1-7(2)6-9-11-10(4-5-13-9)16-12(17-11)14-8(3)15-16/h7,9,13H,4-6H2,1-3H3. The van der Waals surface area contributed by atoms with E-state index in [0.717, 1.165) is 23.8 Å². The molecular weight excluding hydrogens is 232 g/mol. The normalized spacial score (nSPS) is 20.1. The van der Waals surface area contributed by atoms with Gasteiger partial charge in [-0.15, -0.1) is 0 Å². The van der Waals surface area contributed by atoms with Crippen molar-refractivity contribution in [2.45, 2.75) is 39.7 Å². The lowest BCUT2D eigenvalue weighted by Crippen LogP contribution is -2.30. The zero-order valence-electron chi connectivity index (χ0n) is 10.5. The number of hydrogen-bond acceptors (Lipinski definition) is 4. The van der Waals surface area contributed by atoms with Crippen molar-refractivity contribution < 1.29 is 0 Å². The van der Waals surface area contributed by atoms with Crippen molar-refractivity contribution in [1.82, 2.24) is 19.9 Å². The van der Waals surface area contributed by atoms with Crippen molar-refractivity contribution in [3.8, 4) is 0 Å². The third kappa shape index (κ3) is 1.87. The predicted octanol–water partition coefficient (Wildman–Crippen LogP) is 2.33. The third-order valence-electron chi connectivity index (χ3n) is 3.20. The van der Waals surface area contributed by atoms with Crippen LogP contribution in [0.4, 0.5) is 0 Å². The van der Waals surface area contributed by atoms with Crippen LogP contribution >= 0.6 is 11.3 Å². The quantitative estimate of drug-likeness (QED) is 0.889. The molecule has 0 saturated carbocycles. The van der Waals surface area contributed by atoms with Crippen molar-refractivity contribution in [1.29, 1.82) is 0 Å². The summed E-state index contributed by atoms with van der Waals surface area (Å²) in [5, 5.41) is 8.10. The molecule has 92 valence electrons. The molecule has 0 saturated heterocycles. The van der Waals surface area contributed by atoms with Crippen molar-refractivity contribution in [2.24, 2.45) is 5.92 Å². The largest absolute Gasteiger partial charge is 0.309 e. The summed E-state index contributed by atoms with van der Waals surface area (Å²) in [5.74, 6) is 1.58. The first-order valence-corrected chi connectivity index (χ1v) is 7.05. The molecule has 4 nitrogen and oxygen atoms in total. The maximum atomic E-state index is 4.49. The monoisotopic (exact) mass is 250 g/mol. The molecule has 5 heteroatoms. The minimum absolute atomic E-state index is 0.493. The number of nitrogens with zero attached hydrogens (tertiary/aromatic N) is 3. The SMILES string of the molecule is Cc1nc2sc3c(n2n1)CCNC3CC(C)C. The Morgan fingerprint density at radius 3 is 3.12 bits per heavy atom. The molecule has 3 heterocycles. The predicted molar refractivity (Wildman–Crippen MR) is 69.5 cm³/mol. The Balaban J connectivity index is 2.05. The Morgan fingerprint density at radius 1 is 1.53 bits per heavy atom. The van der Waals surface area contributed by atoms with Gasteiger partial charge in [0.1, 0.15) is 5.82 Å². The summed E-state index contributed by atoms with van der Waals surface area (Å²) in [6, 6.07) is 0.493. The lowest BCUT2D eigenvalue weighted by atomic mass is 9.98. The van der Waals surface area contributed by atoms with Crippen LogP contribution in [0.2, 0.25) is 0 Å². The van der Waals surface area contributed by atoms with Gasteiger partial charge >= 0.3 is 0 Å². The van der Waals surface area contributed by atoms with Gasteiger partial charge in [0.05, 0.1) is 5.69 Å². The lowest BCUT2D eigenvalue weighted by Gasteiger charge is -2.24. The van der Waals surface area contributed by atoms with Crippen LogP contribution in [0.3, 0.4) is 0 Å². The van der Waals surface area contributed by atoms with E-state index in [-0.39, 0.29) is 0 Å². The first-order valence-electron chi connectivity index (χ1n) is 6.23. The highest BCUT2D eigenvalue weighted by Crippen LogP contribution is 2.34. The second kappa shape index (κ2) is 4.07. The molecule has 1 aliphatic heterocycles. The van der Waals surface area contributed by atoms with Crippen LogP contribution in [0.1, 0.15) is 42.7 Å². The highest BCUT2D eigenvalue weighted by molar-refractivity contribution is 7.17. The van der Waals surface area contributed by atoms with Gasteiger partial charge < -0.3 is 5.32 Å². The number of nitrogens with one attached hydrogen (secondary N) is 1. The Kier molecular flexibility index (Phi) is 2.67. The number of rotatable bonds is 2. The molecule has 0 spiro atoms. The maximum absolute atomic E-state index is 4.49. The van der Waals surface area contributed by atoms with E-state index in [1.807, 2.05) is 11.4 Å². The molecule has 2 aromatic rings. The van der Waals surface area contributed by atoms with Crippen LogP contribution in [-0.4, -0.2) is 21.1 Å². The van der Waals surface area contributed by atoms with Gasteiger partial charge in [-0.05, 0) is 19.3 Å². The molecule has 1 atom stereocenters. The summed E-state index contributed by atoms with van der Waals surface area (Å²) in [6.45, 7) is 7.56. The fourth-order valence-electron chi connectivity index (χ4n) is 2.52. The van der Waals surface area contributed by atoms with E-state index >= 15 is 0 Å². The van der Waals surface area contributed by atoms with Gasteiger partial charge in [0.25, 0.3) is 0 Å². The average molecular weight is 250 g/mol. The maximum Gasteiger partial charge on any atom is 0.212 e. The van der Waals surface area contributed by atoms with Gasteiger partial charge in [-0.3, -0.25) is 0 Å². The summed E-state index contributed by atoms with van der Waals surface area (Å²) in [7, 11) is 0. The van der Waals surface area contributed by atoms with Gasteiger partial charge in [0, 0.05) is 23.9 Å². The minimum atomic E-state index is 0.493. The molecule has 0 radical (unpaired) electrons. The second-order valence-corrected chi connectivity index (χ2v) is 6.16. The van der Waals surface area contributed by atoms with Gasteiger partial charge in [-0.1, -0.05) is 25.2 Å². The Hall–Kier alpha value is -0.940. The molecule has 1 unspecified atom stereocenters. The summed E-state index contributed by atoms with van der Waals surface area (Å²) in [5.41, 5.74) is 1.37. The fourth-order valence-corrected chi connectivity index (χ4v) is 3.76. The summed E-state index contributed by atoms with van der Waals surface area (Å²) in [4.78, 5) is 6.96. The van der Waals surface area contributed by atoms with Crippen LogP contribution in [0.25, 0.3) is 4.96 Å². The van der Waals surface area contributed by atoms with Crippen molar-refractivity contribution in [3.63, 3.8) is 0 Å². The molecule has 2 aromatic heterocycles. The van der Waals surface area contributed by atoms with E-state index < -0.39 is 0 Å². The van der Waals surface area contributed by atoms with Gasteiger partial charge in [-0.25, -0.2) is 9.50 Å². The Morgan fingerprint density at radius 2 is 2.35 bits per heavy atom. The van der Waals surface area contributed by atoms with E-state index in [9.17, 15) is 0 Å². The fraction of sp³-hybridized carbons (Fsp3) is 0.667. The molecular formula is C12H18N4S. The number of fused-ring (bicyclic) bond motifs is 3. The zero-order valence-corrected chi connectivity index (χ0v) is 11.3. The smallest absolute Gasteiger partial charge is 0.212 e. The first kappa shape index (κ1) is 11.2. The highest BCUT2D eigenvalue weighted by atomic mass is 32.1. The number of hydrogen-bond donors (Lipinski definition) is 1. The Labute approximate surface area is 105 Å². The average Bonchev–Trinajstić information content (AvgIpc) is 2.74. The van der Waals surface area contributed by atoms with Crippen molar-refractivity contribution in [3.05, 3.63) is 16.4 Å². The summed E-state index contributed by atoms with van der Waals surface area (Å²) < 4.78 is 2.05. The minimum Gasteiger partial charge on any atom is -0.309 e. The number of thiazole rings is 1. The summed E-state index contributed by atoms with van der Waals surface area (Å²) >= 11 is 1.80. The molecule has 0 aromatic carbocycles. The lowest BCUT2D eigenvalue weighted by molar-refractivity contribution is 0.416. The number of aromatic nitrogens is 3. The van der Waals surface area contributed by atoms with Crippen LogP contribution in [-0.2, 0) is 6.42 Å². The summed E-state index contributed by atoms with van der Waals surface area (Å²) in [6.07, 6.45) is 2.25. The van der Waals surface area contributed by atoms with Gasteiger partial charge in [-0.2, -0.15) is 5.10 Å². The van der Waals surface area contributed by atoms with Crippen LogP contribution in [0.5, 0.6) is 0 Å². The molecule has 0 aliphatic carbocycles. The van der Waals surface area contributed by atoms with Crippen LogP contribution in [0, 0.1) is 12.8 Å². The van der Waals surface area contributed by atoms with Crippen LogP contribution in [0.15, 0.2) is 0 Å². The molecule has 1 N–H and O–H groups in total. The van der Waals surface area contributed by atoms with Gasteiger partial charge in [0.2, 0.25) is 4.96 Å².